The van der Waals surface area contributed by atoms with Gasteiger partial charge in [-0.3, -0.25) is 9.69 Å². The molecule has 0 unspecified atom stereocenters. The first-order chi connectivity index (χ1) is 9.27. The number of likely N-dealkylation sites (tertiary alicyclic amines) is 1. The van der Waals surface area contributed by atoms with Gasteiger partial charge in [-0.15, -0.1) is 0 Å². The van der Waals surface area contributed by atoms with Gasteiger partial charge in [0.05, 0.1) is 13.0 Å². The summed E-state index contributed by atoms with van der Waals surface area (Å²) in [6.07, 6.45) is 12.1. The Bertz CT molecular complexity index is 276. The maximum absolute atomic E-state index is 12.0. The third kappa shape index (κ3) is 3.95. The first-order valence-electron chi connectivity index (χ1n) is 8.17. The molecule has 2 rings (SSSR count). The van der Waals surface area contributed by atoms with E-state index in [0.29, 0.717) is 13.0 Å². The number of hydrogen-bond donors (Lipinski definition) is 0. The second-order valence-corrected chi connectivity index (χ2v) is 6.17. The lowest BCUT2D eigenvalue weighted by molar-refractivity contribution is -0.147. The Balaban J connectivity index is 2.07. The molecule has 0 radical (unpaired) electrons. The van der Waals surface area contributed by atoms with Crippen LogP contribution in [0.1, 0.15) is 71.1 Å². The van der Waals surface area contributed by atoms with E-state index in [1.165, 1.54) is 70.9 Å². The molecule has 1 saturated heterocycles. The van der Waals surface area contributed by atoms with Crippen molar-refractivity contribution in [2.24, 2.45) is 0 Å². The Morgan fingerprint density at radius 2 is 1.58 bits per heavy atom. The number of piperidine rings is 1. The van der Waals surface area contributed by atoms with Crippen molar-refractivity contribution in [2.45, 2.75) is 76.7 Å². The van der Waals surface area contributed by atoms with Crippen molar-refractivity contribution >= 4 is 5.97 Å². The molecule has 1 heterocycles. The number of hydrogen-bond acceptors (Lipinski definition) is 3. The summed E-state index contributed by atoms with van der Waals surface area (Å²) < 4.78 is 5.24. The fourth-order valence-electron chi connectivity index (χ4n) is 3.84. The summed E-state index contributed by atoms with van der Waals surface area (Å²) in [5.41, 5.74) is 0.114. The van der Waals surface area contributed by atoms with Crippen LogP contribution < -0.4 is 0 Å². The quantitative estimate of drug-likeness (QED) is 0.576. The second kappa shape index (κ2) is 7.28. The molecular formula is C16H29NO2. The molecule has 1 aliphatic heterocycles. The largest absolute Gasteiger partial charge is 0.466 e. The van der Waals surface area contributed by atoms with Gasteiger partial charge < -0.3 is 4.74 Å². The van der Waals surface area contributed by atoms with Crippen molar-refractivity contribution in [3.63, 3.8) is 0 Å². The van der Waals surface area contributed by atoms with Crippen molar-refractivity contribution < 1.29 is 9.53 Å². The standard InChI is InChI=1S/C16H29NO2/c1-2-19-15(18)14-16(10-6-3-4-7-11-16)17-12-8-5-9-13-17/h2-14H2,1H3. The van der Waals surface area contributed by atoms with Crippen LogP contribution >= 0.6 is 0 Å². The SMILES string of the molecule is CCOC(=O)CC1(N2CCCCC2)CCCCCC1. The molecule has 0 aromatic heterocycles. The summed E-state index contributed by atoms with van der Waals surface area (Å²) in [5.74, 6) is 0.00923. The minimum atomic E-state index is 0.00923. The zero-order chi connectivity index (χ0) is 13.6. The fraction of sp³-hybridized carbons (Fsp3) is 0.938. The lowest BCUT2D eigenvalue weighted by atomic mass is 9.83. The Hall–Kier alpha value is -0.570. The minimum absolute atomic E-state index is 0.00923. The Morgan fingerprint density at radius 3 is 2.16 bits per heavy atom. The van der Waals surface area contributed by atoms with Crippen LogP contribution in [0, 0.1) is 0 Å². The second-order valence-electron chi connectivity index (χ2n) is 6.17. The maximum Gasteiger partial charge on any atom is 0.307 e. The average molecular weight is 267 g/mol. The van der Waals surface area contributed by atoms with E-state index in [0.717, 1.165) is 0 Å². The van der Waals surface area contributed by atoms with Gasteiger partial charge in [-0.1, -0.05) is 32.1 Å². The molecule has 1 aliphatic carbocycles. The summed E-state index contributed by atoms with van der Waals surface area (Å²) in [4.78, 5) is 14.6. The van der Waals surface area contributed by atoms with Crippen molar-refractivity contribution in [1.29, 1.82) is 0 Å². The topological polar surface area (TPSA) is 29.5 Å². The summed E-state index contributed by atoms with van der Waals surface area (Å²) >= 11 is 0. The molecular weight excluding hydrogens is 238 g/mol. The number of rotatable bonds is 4. The number of esters is 1. The number of nitrogens with zero attached hydrogens (tertiary/aromatic N) is 1. The van der Waals surface area contributed by atoms with Crippen molar-refractivity contribution in [2.75, 3.05) is 19.7 Å². The monoisotopic (exact) mass is 267 g/mol. The first kappa shape index (κ1) is 14.8. The average Bonchev–Trinajstić information content (AvgIpc) is 2.66. The van der Waals surface area contributed by atoms with Crippen molar-refractivity contribution in [1.82, 2.24) is 4.90 Å². The van der Waals surface area contributed by atoms with Gasteiger partial charge >= 0.3 is 5.97 Å². The highest BCUT2D eigenvalue weighted by molar-refractivity contribution is 5.71. The van der Waals surface area contributed by atoms with Gasteiger partial charge in [0.2, 0.25) is 0 Å². The van der Waals surface area contributed by atoms with E-state index < -0.39 is 0 Å². The Kier molecular flexibility index (Phi) is 5.68. The van der Waals surface area contributed by atoms with E-state index in [2.05, 4.69) is 4.90 Å². The third-order valence-corrected chi connectivity index (χ3v) is 4.84. The van der Waals surface area contributed by atoms with E-state index >= 15 is 0 Å². The van der Waals surface area contributed by atoms with Gasteiger partial charge in [0.15, 0.2) is 0 Å². The molecule has 3 heteroatoms. The summed E-state index contributed by atoms with van der Waals surface area (Å²) in [5, 5.41) is 0. The minimum Gasteiger partial charge on any atom is -0.466 e. The van der Waals surface area contributed by atoms with Crippen LogP contribution in [0.25, 0.3) is 0 Å². The van der Waals surface area contributed by atoms with Crippen molar-refractivity contribution in [3.05, 3.63) is 0 Å². The van der Waals surface area contributed by atoms with Gasteiger partial charge in [0, 0.05) is 5.54 Å². The van der Waals surface area contributed by atoms with E-state index in [4.69, 9.17) is 4.74 Å². The molecule has 2 aliphatic rings. The predicted octanol–water partition coefficient (Wildman–Crippen LogP) is 3.52. The highest BCUT2D eigenvalue weighted by Crippen LogP contribution is 2.37. The highest BCUT2D eigenvalue weighted by atomic mass is 16.5. The molecule has 0 amide bonds. The van der Waals surface area contributed by atoms with Crippen LogP contribution in [0.3, 0.4) is 0 Å². The molecule has 2 fully saturated rings. The molecule has 0 N–H and O–H groups in total. The van der Waals surface area contributed by atoms with Crippen LogP contribution in [0.4, 0.5) is 0 Å². The van der Waals surface area contributed by atoms with Crippen LogP contribution in [-0.2, 0) is 9.53 Å². The molecule has 0 spiro atoms. The number of carbonyl (C=O) groups excluding carboxylic acids is 1. The lowest BCUT2D eigenvalue weighted by Gasteiger charge is -2.45. The van der Waals surface area contributed by atoms with Gasteiger partial charge in [0.1, 0.15) is 0 Å². The van der Waals surface area contributed by atoms with Crippen LogP contribution in [0.5, 0.6) is 0 Å². The highest BCUT2D eigenvalue weighted by Gasteiger charge is 2.39. The number of carbonyl (C=O) groups is 1. The molecule has 3 nitrogen and oxygen atoms in total. The van der Waals surface area contributed by atoms with E-state index in [9.17, 15) is 4.79 Å². The van der Waals surface area contributed by atoms with Gasteiger partial charge in [0.25, 0.3) is 0 Å². The lowest BCUT2D eigenvalue weighted by Crippen LogP contribution is -2.52. The van der Waals surface area contributed by atoms with Gasteiger partial charge in [-0.05, 0) is 45.7 Å². The molecule has 110 valence electrons. The third-order valence-electron chi connectivity index (χ3n) is 4.84. The molecule has 0 bridgehead atoms. The van der Waals surface area contributed by atoms with E-state index in [1.807, 2.05) is 6.92 Å². The summed E-state index contributed by atoms with van der Waals surface area (Å²) in [6, 6.07) is 0. The van der Waals surface area contributed by atoms with Gasteiger partial charge in [-0.25, -0.2) is 0 Å². The zero-order valence-corrected chi connectivity index (χ0v) is 12.5. The van der Waals surface area contributed by atoms with E-state index in [-0.39, 0.29) is 11.5 Å². The maximum atomic E-state index is 12.0. The number of ether oxygens (including phenoxy) is 1. The van der Waals surface area contributed by atoms with Crippen LogP contribution in [-0.4, -0.2) is 36.1 Å². The normalized spacial score (nSPS) is 24.7. The summed E-state index contributed by atoms with van der Waals surface area (Å²) in [7, 11) is 0. The first-order valence-corrected chi connectivity index (χ1v) is 8.17. The molecule has 1 saturated carbocycles. The molecule has 19 heavy (non-hydrogen) atoms. The smallest absolute Gasteiger partial charge is 0.307 e. The van der Waals surface area contributed by atoms with Crippen LogP contribution in [0.15, 0.2) is 0 Å². The van der Waals surface area contributed by atoms with Gasteiger partial charge in [-0.2, -0.15) is 0 Å². The van der Waals surface area contributed by atoms with Crippen molar-refractivity contribution in [3.8, 4) is 0 Å². The van der Waals surface area contributed by atoms with Crippen LogP contribution in [0.2, 0.25) is 0 Å². The summed E-state index contributed by atoms with van der Waals surface area (Å²) in [6.45, 7) is 4.77. The molecule has 0 atom stereocenters. The predicted molar refractivity (Wildman–Crippen MR) is 77.1 cm³/mol. The Labute approximate surface area is 117 Å². The Morgan fingerprint density at radius 1 is 1.00 bits per heavy atom. The fourth-order valence-corrected chi connectivity index (χ4v) is 3.84. The van der Waals surface area contributed by atoms with E-state index in [1.54, 1.807) is 0 Å². The zero-order valence-electron chi connectivity index (χ0n) is 12.5. The molecule has 0 aromatic rings. The molecule has 0 aromatic carbocycles.